The summed E-state index contributed by atoms with van der Waals surface area (Å²) < 4.78 is 5.10. The quantitative estimate of drug-likeness (QED) is 0.809. The number of amides is 1. The molecule has 4 heteroatoms. The molecule has 0 bridgehead atoms. The van der Waals surface area contributed by atoms with E-state index in [0.717, 1.165) is 17.9 Å². The lowest BCUT2D eigenvalue weighted by Gasteiger charge is -2.36. The summed E-state index contributed by atoms with van der Waals surface area (Å²) in [6.45, 7) is 4.76. The van der Waals surface area contributed by atoms with Crippen LogP contribution in [0.1, 0.15) is 25.5 Å². The fraction of sp³-hybridized carbons (Fsp3) is 0.462. The maximum Gasteiger partial charge on any atom is 0.242 e. The molecule has 4 nitrogen and oxygen atoms in total. The molecular weight excluding hydrogens is 216 g/mol. The molecule has 1 amide bonds. The number of nitrogens with one attached hydrogen (secondary N) is 2. The number of rotatable bonds is 2. The van der Waals surface area contributed by atoms with Crippen LogP contribution in [0.3, 0.4) is 0 Å². The van der Waals surface area contributed by atoms with Crippen LogP contribution in [0.4, 0.5) is 0 Å². The normalized spacial score (nSPS) is 23.0. The molecule has 1 heterocycles. The second-order valence-electron chi connectivity index (χ2n) is 4.96. The summed E-state index contributed by atoms with van der Waals surface area (Å²) in [6, 6.07) is 7.28. The second kappa shape index (κ2) is 4.37. The molecular formula is C13H18N2O2. The van der Waals surface area contributed by atoms with Crippen molar-refractivity contribution in [2.45, 2.75) is 25.4 Å². The van der Waals surface area contributed by atoms with Gasteiger partial charge in [0.25, 0.3) is 0 Å². The minimum absolute atomic E-state index is 0.0198. The Hall–Kier alpha value is -1.55. The zero-order valence-electron chi connectivity index (χ0n) is 10.4. The van der Waals surface area contributed by atoms with Gasteiger partial charge < -0.3 is 10.1 Å². The minimum atomic E-state index is -0.270. The summed E-state index contributed by atoms with van der Waals surface area (Å²) in [6.07, 6.45) is 0. The molecule has 1 fully saturated rings. The third-order valence-corrected chi connectivity index (χ3v) is 2.92. The molecule has 0 saturated carbocycles. The van der Waals surface area contributed by atoms with Gasteiger partial charge in [0.1, 0.15) is 11.8 Å². The molecule has 2 rings (SSSR count). The highest BCUT2D eigenvalue weighted by molar-refractivity contribution is 5.84. The van der Waals surface area contributed by atoms with E-state index in [9.17, 15) is 4.79 Å². The number of ether oxygens (including phenoxy) is 1. The summed E-state index contributed by atoms with van der Waals surface area (Å²) in [5, 5.41) is 6.26. The van der Waals surface area contributed by atoms with Gasteiger partial charge in [0.2, 0.25) is 5.91 Å². The van der Waals surface area contributed by atoms with Crippen molar-refractivity contribution in [1.82, 2.24) is 10.6 Å². The van der Waals surface area contributed by atoms with Crippen molar-refractivity contribution in [3.8, 4) is 5.75 Å². The minimum Gasteiger partial charge on any atom is -0.497 e. The van der Waals surface area contributed by atoms with E-state index in [1.807, 2.05) is 38.1 Å². The zero-order chi connectivity index (χ0) is 12.5. The van der Waals surface area contributed by atoms with E-state index >= 15 is 0 Å². The first-order valence-corrected chi connectivity index (χ1v) is 5.71. The SMILES string of the molecule is COc1ccc(C2NCC(C)(C)NC2=O)cc1. The van der Waals surface area contributed by atoms with Crippen molar-refractivity contribution >= 4 is 5.91 Å². The lowest BCUT2D eigenvalue weighted by molar-refractivity contribution is -0.126. The highest BCUT2D eigenvalue weighted by atomic mass is 16.5. The van der Waals surface area contributed by atoms with Crippen LogP contribution >= 0.6 is 0 Å². The first-order chi connectivity index (χ1) is 8.02. The third-order valence-electron chi connectivity index (χ3n) is 2.92. The van der Waals surface area contributed by atoms with Crippen LogP contribution < -0.4 is 15.4 Å². The molecule has 2 N–H and O–H groups in total. The summed E-state index contributed by atoms with van der Waals surface area (Å²) in [7, 11) is 1.63. The Bertz CT molecular complexity index is 412. The van der Waals surface area contributed by atoms with Crippen molar-refractivity contribution in [3.05, 3.63) is 29.8 Å². The standard InChI is InChI=1S/C13H18N2O2/c1-13(2)8-14-11(12(16)15-13)9-4-6-10(17-3)7-5-9/h4-7,11,14H,8H2,1-3H3,(H,15,16). The fourth-order valence-electron chi connectivity index (χ4n) is 1.97. The average Bonchev–Trinajstić information content (AvgIpc) is 2.28. The first kappa shape index (κ1) is 11.9. The van der Waals surface area contributed by atoms with Gasteiger partial charge in [-0.2, -0.15) is 0 Å². The number of carbonyl (C=O) groups excluding carboxylic acids is 1. The Morgan fingerprint density at radius 3 is 2.47 bits per heavy atom. The highest BCUT2D eigenvalue weighted by Gasteiger charge is 2.32. The van der Waals surface area contributed by atoms with Crippen LogP contribution in [-0.2, 0) is 4.79 Å². The molecule has 0 aliphatic carbocycles. The Kier molecular flexibility index (Phi) is 3.07. The smallest absolute Gasteiger partial charge is 0.242 e. The van der Waals surface area contributed by atoms with Crippen LogP contribution in [-0.4, -0.2) is 25.1 Å². The summed E-state index contributed by atoms with van der Waals surface area (Å²) >= 11 is 0. The fourth-order valence-corrected chi connectivity index (χ4v) is 1.97. The van der Waals surface area contributed by atoms with Gasteiger partial charge >= 0.3 is 0 Å². The van der Waals surface area contributed by atoms with E-state index in [1.165, 1.54) is 0 Å². The largest absolute Gasteiger partial charge is 0.497 e. The lowest BCUT2D eigenvalue weighted by Crippen LogP contribution is -2.59. The Labute approximate surface area is 101 Å². The van der Waals surface area contributed by atoms with E-state index in [2.05, 4.69) is 10.6 Å². The maximum atomic E-state index is 12.0. The highest BCUT2D eigenvalue weighted by Crippen LogP contribution is 2.21. The van der Waals surface area contributed by atoms with Crippen LogP contribution in [0.15, 0.2) is 24.3 Å². The molecule has 92 valence electrons. The van der Waals surface area contributed by atoms with E-state index in [1.54, 1.807) is 7.11 Å². The predicted molar refractivity (Wildman–Crippen MR) is 66.0 cm³/mol. The zero-order valence-corrected chi connectivity index (χ0v) is 10.4. The van der Waals surface area contributed by atoms with Crippen LogP contribution in [0, 0.1) is 0 Å². The summed E-state index contributed by atoms with van der Waals surface area (Å²) in [5.74, 6) is 0.816. The molecule has 1 aromatic rings. The van der Waals surface area contributed by atoms with Gasteiger partial charge in [-0.15, -0.1) is 0 Å². The maximum absolute atomic E-state index is 12.0. The number of hydrogen-bond donors (Lipinski definition) is 2. The van der Waals surface area contributed by atoms with E-state index in [-0.39, 0.29) is 17.5 Å². The van der Waals surface area contributed by atoms with Crippen molar-refractivity contribution in [3.63, 3.8) is 0 Å². The molecule has 0 aromatic heterocycles. The molecule has 1 unspecified atom stereocenters. The van der Waals surface area contributed by atoms with Gasteiger partial charge in [0.05, 0.1) is 7.11 Å². The summed E-state index contributed by atoms with van der Waals surface area (Å²) in [4.78, 5) is 12.0. The van der Waals surface area contributed by atoms with Gasteiger partial charge in [-0.25, -0.2) is 0 Å². The number of methoxy groups -OCH3 is 1. The topological polar surface area (TPSA) is 50.4 Å². The van der Waals surface area contributed by atoms with Crippen molar-refractivity contribution < 1.29 is 9.53 Å². The monoisotopic (exact) mass is 234 g/mol. The number of hydrogen-bond acceptors (Lipinski definition) is 3. The molecule has 0 spiro atoms. The Balaban J connectivity index is 2.15. The number of benzene rings is 1. The van der Waals surface area contributed by atoms with Gasteiger partial charge in [0.15, 0.2) is 0 Å². The molecule has 0 radical (unpaired) electrons. The molecule has 1 atom stereocenters. The average molecular weight is 234 g/mol. The van der Waals surface area contributed by atoms with Crippen LogP contribution in [0.25, 0.3) is 0 Å². The molecule has 1 saturated heterocycles. The first-order valence-electron chi connectivity index (χ1n) is 5.71. The second-order valence-corrected chi connectivity index (χ2v) is 4.96. The van der Waals surface area contributed by atoms with Crippen LogP contribution in [0.5, 0.6) is 5.75 Å². The van der Waals surface area contributed by atoms with Gasteiger partial charge in [-0.05, 0) is 31.5 Å². The van der Waals surface area contributed by atoms with Crippen LogP contribution in [0.2, 0.25) is 0 Å². The van der Waals surface area contributed by atoms with Gasteiger partial charge in [-0.3, -0.25) is 10.1 Å². The number of carbonyl (C=O) groups is 1. The third kappa shape index (κ3) is 2.58. The van der Waals surface area contributed by atoms with Gasteiger partial charge in [0, 0.05) is 12.1 Å². The molecule has 1 aliphatic heterocycles. The van der Waals surface area contributed by atoms with Crippen molar-refractivity contribution in [1.29, 1.82) is 0 Å². The van der Waals surface area contributed by atoms with Crippen molar-refractivity contribution in [2.75, 3.05) is 13.7 Å². The van der Waals surface area contributed by atoms with Gasteiger partial charge in [-0.1, -0.05) is 12.1 Å². The van der Waals surface area contributed by atoms with E-state index in [4.69, 9.17) is 4.74 Å². The van der Waals surface area contributed by atoms with Crippen molar-refractivity contribution in [2.24, 2.45) is 0 Å². The molecule has 1 aliphatic rings. The van der Waals surface area contributed by atoms with E-state index in [0.29, 0.717) is 0 Å². The number of piperazine rings is 1. The predicted octanol–water partition coefficient (Wildman–Crippen LogP) is 1.23. The summed E-state index contributed by atoms with van der Waals surface area (Å²) in [5.41, 5.74) is 0.777. The lowest BCUT2D eigenvalue weighted by atomic mass is 9.96. The molecule has 1 aromatic carbocycles. The van der Waals surface area contributed by atoms with E-state index < -0.39 is 0 Å². The Morgan fingerprint density at radius 1 is 1.29 bits per heavy atom. The Morgan fingerprint density at radius 2 is 1.94 bits per heavy atom. The molecule has 17 heavy (non-hydrogen) atoms.